The van der Waals surface area contributed by atoms with Crippen molar-refractivity contribution in [2.24, 2.45) is 5.92 Å². The van der Waals surface area contributed by atoms with Crippen LogP contribution in [0.4, 0.5) is 0 Å². The smallest absolute Gasteiger partial charge is 0.308 e. The molecule has 1 saturated heterocycles. The number of para-hydroxylation sites is 1. The average molecular weight is 316 g/mol. The van der Waals surface area contributed by atoms with E-state index in [4.69, 9.17) is 10.00 Å². The quantitative estimate of drug-likeness (QED) is 0.918. The van der Waals surface area contributed by atoms with Crippen LogP contribution < -0.4 is 4.74 Å². The van der Waals surface area contributed by atoms with E-state index in [0.29, 0.717) is 30.7 Å². The Labute approximate surface area is 135 Å². The predicted octanol–water partition coefficient (Wildman–Crippen LogP) is 2.04. The standard InChI is InChI=1S/C17H20N2O4/c1-11-14(17(21)22)7-5-9-19(11)16(20)12(2)23-15-8-4-3-6-13(15)10-18/h3-4,6,8,11-12,14H,5,7,9H2,1-2H3,(H,21,22)/t11-,12?,14-/m0/s1. The van der Waals surface area contributed by atoms with E-state index in [-0.39, 0.29) is 11.9 Å². The molecule has 0 bridgehead atoms. The molecule has 2 rings (SSSR count). The fraction of sp³-hybridized carbons (Fsp3) is 0.471. The summed E-state index contributed by atoms with van der Waals surface area (Å²) in [6.45, 7) is 3.90. The summed E-state index contributed by atoms with van der Waals surface area (Å²) in [4.78, 5) is 25.4. The lowest BCUT2D eigenvalue weighted by atomic mass is 9.90. The number of carbonyl (C=O) groups excluding carboxylic acids is 1. The van der Waals surface area contributed by atoms with Gasteiger partial charge in [-0.25, -0.2) is 0 Å². The van der Waals surface area contributed by atoms with Gasteiger partial charge in [0.15, 0.2) is 6.10 Å². The molecule has 1 aliphatic rings. The van der Waals surface area contributed by atoms with Crippen molar-refractivity contribution < 1.29 is 19.4 Å². The third-order valence-corrected chi connectivity index (χ3v) is 4.25. The molecule has 1 aliphatic heterocycles. The van der Waals surface area contributed by atoms with Crippen LogP contribution in [0.1, 0.15) is 32.3 Å². The summed E-state index contributed by atoms with van der Waals surface area (Å²) in [5.74, 6) is -1.32. The Balaban J connectivity index is 2.10. The first-order valence-electron chi connectivity index (χ1n) is 7.64. The molecule has 1 N–H and O–H groups in total. The number of piperidine rings is 1. The number of nitrogens with zero attached hydrogens (tertiary/aromatic N) is 2. The minimum Gasteiger partial charge on any atom is -0.481 e. The highest BCUT2D eigenvalue weighted by Gasteiger charge is 2.37. The second kappa shape index (κ2) is 7.14. The highest BCUT2D eigenvalue weighted by Crippen LogP contribution is 2.25. The molecule has 1 aromatic carbocycles. The van der Waals surface area contributed by atoms with Gasteiger partial charge < -0.3 is 14.7 Å². The van der Waals surface area contributed by atoms with Crippen molar-refractivity contribution >= 4 is 11.9 Å². The van der Waals surface area contributed by atoms with Gasteiger partial charge in [0.2, 0.25) is 0 Å². The summed E-state index contributed by atoms with van der Waals surface area (Å²) < 4.78 is 5.63. The first-order valence-corrected chi connectivity index (χ1v) is 7.64. The first kappa shape index (κ1) is 16.8. The van der Waals surface area contributed by atoms with Gasteiger partial charge >= 0.3 is 5.97 Å². The van der Waals surface area contributed by atoms with E-state index in [1.807, 2.05) is 6.07 Å². The number of benzene rings is 1. The van der Waals surface area contributed by atoms with Crippen LogP contribution >= 0.6 is 0 Å². The van der Waals surface area contributed by atoms with Crippen LogP contribution in [0.2, 0.25) is 0 Å². The van der Waals surface area contributed by atoms with Crippen LogP contribution in [0, 0.1) is 17.2 Å². The van der Waals surface area contributed by atoms with Gasteiger partial charge in [0.1, 0.15) is 11.8 Å². The van der Waals surface area contributed by atoms with Gasteiger partial charge in [0.25, 0.3) is 5.91 Å². The molecule has 6 heteroatoms. The number of likely N-dealkylation sites (tertiary alicyclic amines) is 1. The Kier molecular flexibility index (Phi) is 5.22. The Morgan fingerprint density at radius 1 is 1.43 bits per heavy atom. The highest BCUT2D eigenvalue weighted by atomic mass is 16.5. The van der Waals surface area contributed by atoms with E-state index >= 15 is 0 Å². The van der Waals surface area contributed by atoms with E-state index in [0.717, 1.165) is 0 Å². The van der Waals surface area contributed by atoms with Crippen LogP contribution in [0.5, 0.6) is 5.75 Å². The van der Waals surface area contributed by atoms with Gasteiger partial charge in [-0.2, -0.15) is 5.26 Å². The molecule has 1 unspecified atom stereocenters. The van der Waals surface area contributed by atoms with Gasteiger partial charge in [-0.15, -0.1) is 0 Å². The number of carbonyl (C=O) groups is 2. The zero-order chi connectivity index (χ0) is 17.0. The third-order valence-electron chi connectivity index (χ3n) is 4.25. The van der Waals surface area contributed by atoms with E-state index in [9.17, 15) is 14.7 Å². The van der Waals surface area contributed by atoms with E-state index in [1.54, 1.807) is 43.0 Å². The maximum atomic E-state index is 12.6. The minimum atomic E-state index is -0.876. The third kappa shape index (κ3) is 3.62. The monoisotopic (exact) mass is 316 g/mol. The van der Waals surface area contributed by atoms with Crippen LogP contribution in [0.3, 0.4) is 0 Å². The minimum absolute atomic E-state index is 0.254. The topological polar surface area (TPSA) is 90.6 Å². The molecule has 1 heterocycles. The molecule has 3 atom stereocenters. The van der Waals surface area contributed by atoms with Crippen molar-refractivity contribution in [3.8, 4) is 11.8 Å². The number of carboxylic acid groups (broad SMARTS) is 1. The Morgan fingerprint density at radius 3 is 2.78 bits per heavy atom. The molecule has 6 nitrogen and oxygen atoms in total. The first-order chi connectivity index (χ1) is 11.0. The normalized spacial score (nSPS) is 22.0. The van der Waals surface area contributed by atoms with Crippen LogP contribution in [-0.4, -0.2) is 40.6 Å². The maximum Gasteiger partial charge on any atom is 0.308 e. The SMILES string of the molecule is CC(Oc1ccccc1C#N)C(=O)N1CCC[C@H](C(=O)O)[C@@H]1C. The second-order valence-electron chi connectivity index (χ2n) is 5.73. The summed E-state index contributed by atoms with van der Waals surface area (Å²) in [5.41, 5.74) is 0.363. The van der Waals surface area contributed by atoms with Crippen molar-refractivity contribution in [1.29, 1.82) is 5.26 Å². The molecule has 0 aliphatic carbocycles. The molecule has 0 saturated carbocycles. The Bertz CT molecular complexity index is 638. The molecule has 23 heavy (non-hydrogen) atoms. The zero-order valence-electron chi connectivity index (χ0n) is 13.2. The second-order valence-corrected chi connectivity index (χ2v) is 5.73. The predicted molar refractivity (Wildman–Crippen MR) is 82.8 cm³/mol. The molecule has 0 aromatic heterocycles. The summed E-state index contributed by atoms with van der Waals surface area (Å²) in [6.07, 6.45) is 0.459. The van der Waals surface area contributed by atoms with Crippen molar-refractivity contribution in [3.63, 3.8) is 0 Å². The van der Waals surface area contributed by atoms with Gasteiger partial charge in [0, 0.05) is 12.6 Å². The Hall–Kier alpha value is -2.55. The molecule has 1 amide bonds. The molecule has 0 spiro atoms. The number of ether oxygens (including phenoxy) is 1. The molecular weight excluding hydrogens is 296 g/mol. The zero-order valence-corrected chi connectivity index (χ0v) is 13.2. The van der Waals surface area contributed by atoms with Gasteiger partial charge in [-0.3, -0.25) is 9.59 Å². The number of nitriles is 1. The lowest BCUT2D eigenvalue weighted by Crippen LogP contribution is -2.52. The van der Waals surface area contributed by atoms with Crippen molar-refractivity contribution in [3.05, 3.63) is 29.8 Å². The van der Waals surface area contributed by atoms with Crippen molar-refractivity contribution in [1.82, 2.24) is 4.90 Å². The number of aliphatic carboxylic acids is 1. The number of carboxylic acids is 1. The largest absolute Gasteiger partial charge is 0.481 e. The van der Waals surface area contributed by atoms with E-state index in [2.05, 4.69) is 0 Å². The van der Waals surface area contributed by atoms with Crippen LogP contribution in [0.25, 0.3) is 0 Å². The fourth-order valence-corrected chi connectivity index (χ4v) is 2.92. The molecule has 1 fully saturated rings. The molecular formula is C17H20N2O4. The number of amides is 1. The van der Waals surface area contributed by atoms with E-state index < -0.39 is 18.0 Å². The Morgan fingerprint density at radius 2 is 2.13 bits per heavy atom. The number of hydrogen-bond acceptors (Lipinski definition) is 4. The van der Waals surface area contributed by atoms with Gasteiger partial charge in [-0.1, -0.05) is 12.1 Å². The molecule has 1 aromatic rings. The lowest BCUT2D eigenvalue weighted by Gasteiger charge is -2.38. The van der Waals surface area contributed by atoms with E-state index in [1.165, 1.54) is 0 Å². The summed E-state index contributed by atoms with van der Waals surface area (Å²) in [7, 11) is 0. The van der Waals surface area contributed by atoms with Gasteiger partial charge in [-0.05, 0) is 38.8 Å². The number of hydrogen-bond donors (Lipinski definition) is 1. The van der Waals surface area contributed by atoms with Gasteiger partial charge in [0.05, 0.1) is 11.5 Å². The average Bonchev–Trinajstić information content (AvgIpc) is 2.54. The summed E-state index contributed by atoms with van der Waals surface area (Å²) >= 11 is 0. The van der Waals surface area contributed by atoms with Crippen molar-refractivity contribution in [2.45, 2.75) is 38.8 Å². The summed E-state index contributed by atoms with van der Waals surface area (Å²) in [5, 5.41) is 18.3. The summed E-state index contributed by atoms with van der Waals surface area (Å²) in [6, 6.07) is 8.37. The maximum absolute atomic E-state index is 12.6. The highest BCUT2D eigenvalue weighted by molar-refractivity contribution is 5.82. The molecule has 122 valence electrons. The lowest BCUT2D eigenvalue weighted by molar-refractivity contribution is -0.151. The van der Waals surface area contributed by atoms with Crippen molar-refractivity contribution in [2.75, 3.05) is 6.54 Å². The van der Waals surface area contributed by atoms with Crippen LogP contribution in [-0.2, 0) is 9.59 Å². The fourth-order valence-electron chi connectivity index (χ4n) is 2.92. The molecule has 0 radical (unpaired) electrons. The van der Waals surface area contributed by atoms with Crippen LogP contribution in [0.15, 0.2) is 24.3 Å². The number of rotatable bonds is 4.